The predicted octanol–water partition coefficient (Wildman–Crippen LogP) is 2.63. The first-order valence-corrected chi connectivity index (χ1v) is 8.75. The summed E-state index contributed by atoms with van der Waals surface area (Å²) in [4.78, 5) is 24.0. The summed E-state index contributed by atoms with van der Waals surface area (Å²) < 4.78 is 6.56. The van der Waals surface area contributed by atoms with E-state index in [9.17, 15) is 4.79 Å². The van der Waals surface area contributed by atoms with Gasteiger partial charge in [0.15, 0.2) is 5.69 Å². The molecule has 0 atom stereocenters. The molecule has 0 unspecified atom stereocenters. The number of nitrogens with zero attached hydrogens (tertiary/aromatic N) is 4. The summed E-state index contributed by atoms with van der Waals surface area (Å²) in [5, 5.41) is 11.9. The third kappa shape index (κ3) is 4.51. The van der Waals surface area contributed by atoms with Crippen molar-refractivity contribution in [2.24, 2.45) is 0 Å². The largest absolute Gasteiger partial charge is 0.489 e. The number of nitrogens with one attached hydrogen (secondary N) is 1. The molecular weight excluding hydrogens is 386 g/mol. The maximum atomic E-state index is 12.1. The van der Waals surface area contributed by atoms with Crippen molar-refractivity contribution in [2.45, 2.75) is 37.8 Å². The summed E-state index contributed by atoms with van der Waals surface area (Å²) in [5.41, 5.74) is 0.335. The van der Waals surface area contributed by atoms with Gasteiger partial charge in [0, 0.05) is 18.4 Å². The van der Waals surface area contributed by atoms with Gasteiger partial charge in [0.05, 0.1) is 16.8 Å². The molecule has 25 heavy (non-hydrogen) atoms. The van der Waals surface area contributed by atoms with Crippen molar-refractivity contribution in [1.29, 1.82) is 5.26 Å². The van der Waals surface area contributed by atoms with Crippen LogP contribution in [0.1, 0.15) is 42.0 Å². The van der Waals surface area contributed by atoms with Gasteiger partial charge in [0.2, 0.25) is 5.82 Å². The van der Waals surface area contributed by atoms with Crippen molar-refractivity contribution in [2.75, 3.05) is 0 Å². The van der Waals surface area contributed by atoms with Gasteiger partial charge in [-0.2, -0.15) is 5.26 Å². The molecule has 8 heteroatoms. The Bertz CT molecular complexity index is 785. The number of hydrogen-bond acceptors (Lipinski definition) is 6. The highest BCUT2D eigenvalue weighted by Crippen LogP contribution is 2.26. The van der Waals surface area contributed by atoms with Crippen LogP contribution in [0, 0.1) is 11.3 Å². The Morgan fingerprint density at radius 1 is 1.24 bits per heavy atom. The Balaban J connectivity index is 1.50. The zero-order valence-electron chi connectivity index (χ0n) is 13.4. The van der Waals surface area contributed by atoms with Crippen LogP contribution >= 0.6 is 15.9 Å². The van der Waals surface area contributed by atoms with Gasteiger partial charge in [0.1, 0.15) is 11.8 Å². The van der Waals surface area contributed by atoms with E-state index >= 15 is 0 Å². The quantitative estimate of drug-likeness (QED) is 0.844. The van der Waals surface area contributed by atoms with Crippen LogP contribution in [-0.4, -0.2) is 33.0 Å². The minimum Gasteiger partial charge on any atom is -0.489 e. The molecule has 7 nitrogen and oxygen atoms in total. The standard InChI is InChI=1S/C17H16BrN5O2/c18-14-8-13(10-22-15(14)9-19)25-12-4-2-11(3-5-12)23-17(24)16-20-6-1-7-21-16/h1,6-8,10-12H,2-5H2,(H,23,24)/t11-,12-. The molecule has 1 N–H and O–H groups in total. The van der Waals surface area contributed by atoms with Gasteiger partial charge >= 0.3 is 0 Å². The average molecular weight is 402 g/mol. The maximum Gasteiger partial charge on any atom is 0.289 e. The van der Waals surface area contributed by atoms with Crippen LogP contribution in [0.3, 0.4) is 0 Å². The highest BCUT2D eigenvalue weighted by atomic mass is 79.9. The number of nitriles is 1. The van der Waals surface area contributed by atoms with Crippen LogP contribution in [-0.2, 0) is 0 Å². The Labute approximate surface area is 153 Å². The van der Waals surface area contributed by atoms with Gasteiger partial charge in [-0.3, -0.25) is 4.79 Å². The molecule has 2 aromatic rings. The fraction of sp³-hybridized carbons (Fsp3) is 0.353. The van der Waals surface area contributed by atoms with Crippen LogP contribution in [0.4, 0.5) is 0 Å². The Kier molecular flexibility index (Phi) is 5.56. The SMILES string of the molecule is N#Cc1ncc(O[C@H]2CC[C@H](NC(=O)c3ncccn3)CC2)cc1Br. The Hall–Kier alpha value is -2.53. The van der Waals surface area contributed by atoms with Gasteiger partial charge in [-0.25, -0.2) is 15.0 Å². The van der Waals surface area contributed by atoms with Gasteiger partial charge < -0.3 is 10.1 Å². The molecule has 1 fully saturated rings. The number of aromatic nitrogens is 3. The number of hydrogen-bond donors (Lipinski definition) is 1. The summed E-state index contributed by atoms with van der Waals surface area (Å²) in [6, 6.07) is 5.53. The van der Waals surface area contributed by atoms with Crippen LogP contribution in [0.5, 0.6) is 5.75 Å². The summed E-state index contributed by atoms with van der Waals surface area (Å²) >= 11 is 3.31. The second-order valence-electron chi connectivity index (χ2n) is 5.75. The Morgan fingerprint density at radius 3 is 2.60 bits per heavy atom. The van der Waals surface area contributed by atoms with E-state index < -0.39 is 0 Å². The lowest BCUT2D eigenvalue weighted by Crippen LogP contribution is -2.40. The first kappa shape index (κ1) is 17.3. The van der Waals surface area contributed by atoms with Crippen molar-refractivity contribution in [3.05, 3.63) is 46.7 Å². The highest BCUT2D eigenvalue weighted by molar-refractivity contribution is 9.10. The van der Waals surface area contributed by atoms with Gasteiger partial charge in [0.25, 0.3) is 5.91 Å². The molecule has 0 saturated heterocycles. The third-order valence-electron chi connectivity index (χ3n) is 4.00. The van der Waals surface area contributed by atoms with E-state index in [0.29, 0.717) is 15.9 Å². The van der Waals surface area contributed by atoms with Gasteiger partial charge in [-0.05, 0) is 53.7 Å². The van der Waals surface area contributed by atoms with Crippen LogP contribution in [0.15, 0.2) is 35.2 Å². The summed E-state index contributed by atoms with van der Waals surface area (Å²) in [6.07, 6.45) is 8.05. The lowest BCUT2D eigenvalue weighted by atomic mass is 9.93. The van der Waals surface area contributed by atoms with Crippen LogP contribution in [0.2, 0.25) is 0 Å². The number of ether oxygens (including phenoxy) is 1. The number of rotatable bonds is 4. The van der Waals surface area contributed by atoms with Crippen LogP contribution < -0.4 is 10.1 Å². The fourth-order valence-corrected chi connectivity index (χ4v) is 3.17. The van der Waals surface area contributed by atoms with Crippen molar-refractivity contribution in [1.82, 2.24) is 20.3 Å². The normalized spacial score (nSPS) is 19.7. The van der Waals surface area contributed by atoms with E-state index in [-0.39, 0.29) is 23.9 Å². The third-order valence-corrected chi connectivity index (χ3v) is 4.61. The van der Waals surface area contributed by atoms with Crippen molar-refractivity contribution in [3.8, 4) is 11.8 Å². The second kappa shape index (κ2) is 8.03. The predicted molar refractivity (Wildman–Crippen MR) is 92.8 cm³/mol. The summed E-state index contributed by atoms with van der Waals surface area (Å²) in [6.45, 7) is 0. The average Bonchev–Trinajstić information content (AvgIpc) is 2.64. The van der Waals surface area contributed by atoms with Crippen molar-refractivity contribution < 1.29 is 9.53 Å². The van der Waals surface area contributed by atoms with E-state index in [1.165, 1.54) is 0 Å². The van der Waals surface area contributed by atoms with Gasteiger partial charge in [-0.1, -0.05) is 0 Å². The van der Waals surface area contributed by atoms with Crippen molar-refractivity contribution in [3.63, 3.8) is 0 Å². The number of amides is 1. The second-order valence-corrected chi connectivity index (χ2v) is 6.60. The molecular formula is C17H16BrN5O2. The molecule has 2 heterocycles. The minimum atomic E-state index is -0.245. The molecule has 0 aromatic carbocycles. The number of carbonyl (C=O) groups is 1. The number of pyridine rings is 1. The van der Waals surface area contributed by atoms with E-state index in [1.54, 1.807) is 30.7 Å². The Morgan fingerprint density at radius 2 is 1.96 bits per heavy atom. The molecule has 3 rings (SSSR count). The van der Waals surface area contributed by atoms with E-state index in [2.05, 4.69) is 36.2 Å². The molecule has 0 spiro atoms. The highest BCUT2D eigenvalue weighted by Gasteiger charge is 2.24. The number of carbonyl (C=O) groups excluding carboxylic acids is 1. The monoisotopic (exact) mass is 401 g/mol. The molecule has 1 saturated carbocycles. The maximum absolute atomic E-state index is 12.1. The fourth-order valence-electron chi connectivity index (χ4n) is 2.75. The molecule has 0 bridgehead atoms. The summed E-state index contributed by atoms with van der Waals surface area (Å²) in [5.74, 6) is 0.579. The molecule has 128 valence electrons. The molecule has 0 aliphatic heterocycles. The smallest absolute Gasteiger partial charge is 0.289 e. The lowest BCUT2D eigenvalue weighted by molar-refractivity contribution is 0.0883. The first-order chi connectivity index (χ1) is 12.2. The molecule has 0 radical (unpaired) electrons. The van der Waals surface area contributed by atoms with Crippen LogP contribution in [0.25, 0.3) is 0 Å². The van der Waals surface area contributed by atoms with Gasteiger partial charge in [-0.15, -0.1) is 0 Å². The molecule has 1 aliphatic carbocycles. The zero-order chi connectivity index (χ0) is 17.6. The molecule has 2 aromatic heterocycles. The topological polar surface area (TPSA) is 101 Å². The summed E-state index contributed by atoms with van der Waals surface area (Å²) in [7, 11) is 0. The van der Waals surface area contributed by atoms with E-state index in [0.717, 1.165) is 25.7 Å². The molecule has 1 amide bonds. The minimum absolute atomic E-state index is 0.0720. The van der Waals surface area contributed by atoms with Crippen molar-refractivity contribution >= 4 is 21.8 Å². The number of halogens is 1. The van der Waals surface area contributed by atoms with E-state index in [4.69, 9.17) is 10.00 Å². The molecule has 1 aliphatic rings. The van der Waals surface area contributed by atoms with E-state index in [1.807, 2.05) is 6.07 Å². The lowest BCUT2D eigenvalue weighted by Gasteiger charge is -2.29. The zero-order valence-corrected chi connectivity index (χ0v) is 14.9. The first-order valence-electron chi connectivity index (χ1n) is 7.96.